The Morgan fingerprint density at radius 1 is 1.45 bits per heavy atom. The van der Waals surface area contributed by atoms with Crippen LogP contribution in [0.15, 0.2) is 12.2 Å². The largest absolute Gasteiger partial charge is 0.285 e. The van der Waals surface area contributed by atoms with Crippen molar-refractivity contribution in [1.82, 2.24) is 10.4 Å². The van der Waals surface area contributed by atoms with Crippen LogP contribution in [-0.2, 0) is 4.79 Å². The Balaban J connectivity index is 2.29. The molecule has 0 aromatic carbocycles. The molecule has 0 aliphatic carbocycles. The van der Waals surface area contributed by atoms with Crippen LogP contribution in [0.25, 0.3) is 0 Å². The molecule has 1 aliphatic heterocycles. The molecule has 0 aromatic heterocycles. The lowest BCUT2D eigenvalue weighted by Crippen LogP contribution is -2.40. The van der Waals surface area contributed by atoms with E-state index < -0.39 is 0 Å². The lowest BCUT2D eigenvalue weighted by Gasteiger charge is -2.15. The Labute approximate surface area is 67.0 Å². The summed E-state index contributed by atoms with van der Waals surface area (Å²) in [5.41, 5.74) is 3.34. The van der Waals surface area contributed by atoms with E-state index in [1.807, 2.05) is 5.01 Å². The molecule has 3 nitrogen and oxygen atoms in total. The van der Waals surface area contributed by atoms with Crippen molar-refractivity contribution in [3.8, 4) is 0 Å². The Hall–Kier alpha value is -0.830. The van der Waals surface area contributed by atoms with Crippen LogP contribution in [0.3, 0.4) is 0 Å². The van der Waals surface area contributed by atoms with Gasteiger partial charge in [-0.3, -0.25) is 10.2 Å². The summed E-state index contributed by atoms with van der Waals surface area (Å²) in [7, 11) is 0. The zero-order valence-electron chi connectivity index (χ0n) is 6.89. The van der Waals surface area contributed by atoms with Gasteiger partial charge in [0.05, 0.1) is 0 Å². The van der Waals surface area contributed by atoms with Crippen molar-refractivity contribution in [2.24, 2.45) is 0 Å². The number of nitrogens with zero attached hydrogens (tertiary/aromatic N) is 1. The predicted octanol–water partition coefficient (Wildman–Crippen LogP) is 0.689. The highest BCUT2D eigenvalue weighted by molar-refractivity contribution is 5.91. The predicted molar refractivity (Wildman–Crippen MR) is 43.8 cm³/mol. The monoisotopic (exact) mass is 154 g/mol. The van der Waals surface area contributed by atoms with Crippen molar-refractivity contribution in [2.45, 2.75) is 19.8 Å². The van der Waals surface area contributed by atoms with Gasteiger partial charge in [0.25, 0.3) is 5.91 Å². The van der Waals surface area contributed by atoms with Crippen LogP contribution in [0, 0.1) is 0 Å². The minimum Gasteiger partial charge on any atom is -0.285 e. The molecule has 1 fully saturated rings. The van der Waals surface area contributed by atoms with Gasteiger partial charge in [0.2, 0.25) is 0 Å². The first kappa shape index (κ1) is 8.27. The van der Waals surface area contributed by atoms with E-state index in [-0.39, 0.29) is 5.91 Å². The fourth-order valence-corrected chi connectivity index (χ4v) is 1.07. The van der Waals surface area contributed by atoms with Gasteiger partial charge in [-0.2, -0.15) is 0 Å². The van der Waals surface area contributed by atoms with Crippen LogP contribution in [0.5, 0.6) is 0 Å². The summed E-state index contributed by atoms with van der Waals surface area (Å²) in [6.07, 6.45) is 2.35. The summed E-state index contributed by atoms with van der Waals surface area (Å²) in [5.74, 6) is -0.0631. The van der Waals surface area contributed by atoms with E-state index in [0.29, 0.717) is 5.57 Å². The summed E-state index contributed by atoms with van der Waals surface area (Å²) < 4.78 is 0. The normalized spacial score (nSPS) is 18.3. The number of hydrazine groups is 1. The fourth-order valence-electron chi connectivity index (χ4n) is 1.07. The van der Waals surface area contributed by atoms with E-state index in [2.05, 4.69) is 12.0 Å². The van der Waals surface area contributed by atoms with E-state index in [1.54, 1.807) is 6.92 Å². The molecular weight excluding hydrogens is 140 g/mol. The third-order valence-electron chi connectivity index (χ3n) is 1.75. The molecule has 1 rings (SSSR count). The molecule has 11 heavy (non-hydrogen) atoms. The summed E-state index contributed by atoms with van der Waals surface area (Å²) in [5, 5.41) is 1.94. The second-order valence-electron chi connectivity index (χ2n) is 2.92. The minimum absolute atomic E-state index is 0.0631. The van der Waals surface area contributed by atoms with Crippen molar-refractivity contribution in [3.05, 3.63) is 12.2 Å². The number of carbonyl (C=O) groups is 1. The molecule has 1 saturated heterocycles. The number of amides is 1. The molecule has 1 N–H and O–H groups in total. The highest BCUT2D eigenvalue weighted by atomic mass is 16.2. The third kappa shape index (κ3) is 2.35. The van der Waals surface area contributed by atoms with Crippen LogP contribution in [-0.4, -0.2) is 24.0 Å². The summed E-state index contributed by atoms with van der Waals surface area (Å²) >= 11 is 0. The highest BCUT2D eigenvalue weighted by Crippen LogP contribution is 2.03. The number of hydrogen-bond acceptors (Lipinski definition) is 2. The summed E-state index contributed by atoms with van der Waals surface area (Å²) in [4.78, 5) is 11.0. The Bertz CT molecular complexity index is 171. The smallest absolute Gasteiger partial charge is 0.260 e. The van der Waals surface area contributed by atoms with Gasteiger partial charge in [0.15, 0.2) is 0 Å². The van der Waals surface area contributed by atoms with E-state index in [0.717, 1.165) is 13.1 Å². The molecule has 0 aromatic rings. The van der Waals surface area contributed by atoms with Gasteiger partial charge in [-0.1, -0.05) is 6.58 Å². The molecule has 0 atom stereocenters. The van der Waals surface area contributed by atoms with Crippen molar-refractivity contribution in [3.63, 3.8) is 0 Å². The molecule has 0 radical (unpaired) electrons. The first-order valence-electron chi connectivity index (χ1n) is 3.91. The van der Waals surface area contributed by atoms with Gasteiger partial charge in [-0.25, -0.2) is 5.01 Å². The van der Waals surface area contributed by atoms with Crippen LogP contribution in [0.1, 0.15) is 19.8 Å². The number of rotatable bonds is 2. The van der Waals surface area contributed by atoms with Crippen molar-refractivity contribution in [1.29, 1.82) is 0 Å². The number of hydrogen-bond donors (Lipinski definition) is 1. The van der Waals surface area contributed by atoms with Gasteiger partial charge >= 0.3 is 0 Å². The van der Waals surface area contributed by atoms with E-state index in [9.17, 15) is 4.79 Å². The van der Waals surface area contributed by atoms with Gasteiger partial charge in [-0.05, 0) is 19.8 Å². The second kappa shape index (κ2) is 3.53. The standard InChI is InChI=1S/C8H14N2O/c1-7(2)8(11)9-10-5-3-4-6-10/h1,3-6H2,2H3,(H,9,11). The first-order valence-corrected chi connectivity index (χ1v) is 3.91. The second-order valence-corrected chi connectivity index (χ2v) is 2.92. The maximum atomic E-state index is 11.0. The quantitative estimate of drug-likeness (QED) is 0.593. The molecule has 3 heteroatoms. The molecule has 0 unspecified atom stereocenters. The first-order chi connectivity index (χ1) is 5.20. The van der Waals surface area contributed by atoms with E-state index in [4.69, 9.17) is 0 Å². The zero-order valence-corrected chi connectivity index (χ0v) is 6.89. The van der Waals surface area contributed by atoms with Gasteiger partial charge < -0.3 is 0 Å². The van der Waals surface area contributed by atoms with Gasteiger partial charge in [0.1, 0.15) is 0 Å². The van der Waals surface area contributed by atoms with E-state index in [1.165, 1.54) is 12.8 Å². The van der Waals surface area contributed by atoms with Crippen molar-refractivity contribution >= 4 is 5.91 Å². The maximum Gasteiger partial charge on any atom is 0.260 e. The minimum atomic E-state index is -0.0631. The Kier molecular flexibility index (Phi) is 2.65. The molecule has 0 bridgehead atoms. The highest BCUT2D eigenvalue weighted by Gasteiger charge is 2.13. The lowest BCUT2D eigenvalue weighted by atomic mass is 10.3. The van der Waals surface area contributed by atoms with Gasteiger partial charge in [0, 0.05) is 18.7 Å². The Morgan fingerprint density at radius 2 is 2.00 bits per heavy atom. The van der Waals surface area contributed by atoms with Crippen LogP contribution in [0.2, 0.25) is 0 Å². The topological polar surface area (TPSA) is 32.3 Å². The lowest BCUT2D eigenvalue weighted by molar-refractivity contribution is -0.121. The van der Waals surface area contributed by atoms with Crippen LogP contribution >= 0.6 is 0 Å². The SMILES string of the molecule is C=C(C)C(=O)NN1CCCC1. The fraction of sp³-hybridized carbons (Fsp3) is 0.625. The summed E-state index contributed by atoms with van der Waals surface area (Å²) in [6, 6.07) is 0. The number of carbonyl (C=O) groups excluding carboxylic acids is 1. The molecule has 1 heterocycles. The summed E-state index contributed by atoms with van der Waals surface area (Å²) in [6.45, 7) is 7.21. The molecule has 1 amide bonds. The third-order valence-corrected chi connectivity index (χ3v) is 1.75. The van der Waals surface area contributed by atoms with E-state index >= 15 is 0 Å². The molecular formula is C8H14N2O. The van der Waals surface area contributed by atoms with Crippen molar-refractivity contribution < 1.29 is 4.79 Å². The van der Waals surface area contributed by atoms with Crippen molar-refractivity contribution in [2.75, 3.05) is 13.1 Å². The molecule has 1 aliphatic rings. The number of nitrogens with one attached hydrogen (secondary N) is 1. The maximum absolute atomic E-state index is 11.0. The molecule has 0 saturated carbocycles. The average Bonchev–Trinajstić information content (AvgIpc) is 2.39. The van der Waals surface area contributed by atoms with Gasteiger partial charge in [-0.15, -0.1) is 0 Å². The zero-order chi connectivity index (χ0) is 8.27. The van der Waals surface area contributed by atoms with Crippen LogP contribution in [0.4, 0.5) is 0 Å². The molecule has 62 valence electrons. The Morgan fingerprint density at radius 3 is 2.45 bits per heavy atom. The molecule has 0 spiro atoms. The average molecular weight is 154 g/mol. The van der Waals surface area contributed by atoms with Crippen LogP contribution < -0.4 is 5.43 Å².